The number of pyridine rings is 1. The molecule has 10 nitrogen and oxygen atoms in total. The van der Waals surface area contributed by atoms with E-state index in [0.717, 1.165) is 12.8 Å². The normalized spacial score (nSPS) is 22.7. The number of rotatable bonds is 4. The molecule has 7 rings (SSSR count). The van der Waals surface area contributed by atoms with Gasteiger partial charge in [0.05, 0.1) is 41.4 Å². The van der Waals surface area contributed by atoms with Crippen LogP contribution in [0.4, 0.5) is 13.2 Å². The first-order valence-corrected chi connectivity index (χ1v) is 13.5. The Morgan fingerprint density at radius 2 is 1.90 bits per heavy atom. The van der Waals surface area contributed by atoms with Crippen molar-refractivity contribution in [2.45, 2.75) is 69.6 Å². The van der Waals surface area contributed by atoms with Crippen LogP contribution in [0.5, 0.6) is 5.75 Å². The monoisotopic (exact) mass is 582 g/mol. The maximum Gasteiger partial charge on any atom is 0.387 e. The highest BCUT2D eigenvalue weighted by atomic mass is 19.3. The molecular weight excluding hydrogens is 553 g/mol. The van der Waals surface area contributed by atoms with E-state index in [1.54, 1.807) is 6.07 Å². The van der Waals surface area contributed by atoms with Crippen molar-refractivity contribution in [3.8, 4) is 17.0 Å². The molecule has 1 fully saturated rings. The Balaban J connectivity index is 0.000000470. The summed E-state index contributed by atoms with van der Waals surface area (Å²) in [6.45, 7) is -0.146. The first-order chi connectivity index (χ1) is 19.9. The van der Waals surface area contributed by atoms with Gasteiger partial charge < -0.3 is 25.6 Å². The number of aromatic nitrogens is 4. The van der Waals surface area contributed by atoms with Crippen molar-refractivity contribution in [2.75, 3.05) is 0 Å². The maximum absolute atomic E-state index is 15.1. The highest BCUT2D eigenvalue weighted by Crippen LogP contribution is 2.55. The predicted molar refractivity (Wildman–Crippen MR) is 144 cm³/mol. The van der Waals surface area contributed by atoms with Gasteiger partial charge in [-0.25, -0.2) is 8.91 Å². The molecule has 4 aromatic rings. The van der Waals surface area contributed by atoms with Gasteiger partial charge in [0.1, 0.15) is 11.5 Å². The molecule has 4 N–H and O–H groups in total. The number of nitrogens with zero attached hydrogens (tertiary/aromatic N) is 5. The number of hydrogen-bond donors (Lipinski definition) is 3. The highest BCUT2D eigenvalue weighted by molar-refractivity contribution is 5.99. The molecule has 2 aliphatic carbocycles. The molecule has 1 aromatic carbocycles. The molecule has 4 heterocycles. The quantitative estimate of drug-likeness (QED) is 0.331. The number of amides is 1. The molecule has 220 valence electrons. The number of carbonyl (C=O) groups excluding carboxylic acids is 1. The number of hydrogen-bond acceptors (Lipinski definition) is 8. The number of halogens is 3. The summed E-state index contributed by atoms with van der Waals surface area (Å²) < 4.78 is 48.0. The first kappa shape index (κ1) is 28.1. The Morgan fingerprint density at radius 1 is 1.14 bits per heavy atom. The molecule has 1 saturated carbocycles. The first-order valence-electron chi connectivity index (χ1n) is 13.5. The number of aliphatic hydroxyl groups excluding tert-OH is 1. The number of aliphatic hydroxyl groups is 2. The minimum absolute atomic E-state index is 0.0833. The fourth-order valence-electron chi connectivity index (χ4n) is 6.10. The van der Waals surface area contributed by atoms with Gasteiger partial charge >= 0.3 is 6.61 Å². The lowest BCUT2D eigenvalue weighted by Gasteiger charge is -2.38. The molecule has 0 spiro atoms. The number of benzene rings is 1. The summed E-state index contributed by atoms with van der Waals surface area (Å²) in [5.74, 6) is -1.80. The number of fused-ring (bicyclic) bond motifs is 9. The third-order valence-electron chi connectivity index (χ3n) is 7.88. The molecule has 1 aliphatic heterocycles. The fourth-order valence-corrected chi connectivity index (χ4v) is 6.10. The lowest BCUT2D eigenvalue weighted by Crippen LogP contribution is -2.49. The van der Waals surface area contributed by atoms with E-state index in [9.17, 15) is 18.7 Å². The average molecular weight is 583 g/mol. The molecule has 1 amide bonds. The minimum atomic E-state index is -3.10. The van der Waals surface area contributed by atoms with E-state index >= 15 is 4.39 Å². The predicted octanol–water partition coefficient (Wildman–Crippen LogP) is 3.76. The van der Waals surface area contributed by atoms with Gasteiger partial charge in [-0.15, -0.1) is 0 Å². The zero-order valence-electron chi connectivity index (χ0n) is 22.8. The second-order valence-corrected chi connectivity index (χ2v) is 11.2. The third-order valence-corrected chi connectivity index (χ3v) is 7.88. The van der Waals surface area contributed by atoms with Crippen LogP contribution in [0.25, 0.3) is 16.8 Å². The van der Waals surface area contributed by atoms with Gasteiger partial charge in [-0.2, -0.15) is 13.9 Å². The Morgan fingerprint density at radius 3 is 2.50 bits per heavy atom. The van der Waals surface area contributed by atoms with Crippen LogP contribution in [0, 0.1) is 5.82 Å². The maximum atomic E-state index is 15.1. The summed E-state index contributed by atoms with van der Waals surface area (Å²) in [6, 6.07) is 5.60. The SMILES string of the molecule is CC(C)(O)N1C(=O)c2cccc(OC(F)F)c2C2CC1c1nn3cc(F)c(-c4cnccn4)cc3c12.NC1CC(O)C1. The van der Waals surface area contributed by atoms with Gasteiger partial charge in [-0.3, -0.25) is 14.8 Å². The van der Waals surface area contributed by atoms with Gasteiger partial charge in [0.15, 0.2) is 5.82 Å². The summed E-state index contributed by atoms with van der Waals surface area (Å²) in [5, 5.41) is 24.1. The zero-order chi connectivity index (χ0) is 29.9. The van der Waals surface area contributed by atoms with Crippen molar-refractivity contribution in [1.29, 1.82) is 0 Å². The second-order valence-electron chi connectivity index (χ2n) is 11.2. The van der Waals surface area contributed by atoms with Crippen LogP contribution in [-0.2, 0) is 0 Å². The average Bonchev–Trinajstić information content (AvgIpc) is 3.39. The summed E-state index contributed by atoms with van der Waals surface area (Å²) in [6.07, 6.45) is 7.40. The van der Waals surface area contributed by atoms with Gasteiger partial charge in [0.2, 0.25) is 0 Å². The van der Waals surface area contributed by atoms with Crippen molar-refractivity contribution in [3.63, 3.8) is 0 Å². The molecule has 0 saturated heterocycles. The van der Waals surface area contributed by atoms with Crippen molar-refractivity contribution in [1.82, 2.24) is 24.5 Å². The molecular formula is C29H29F3N6O4. The Hall–Kier alpha value is -4.07. The van der Waals surface area contributed by atoms with Crippen LogP contribution in [0.1, 0.15) is 72.2 Å². The summed E-state index contributed by atoms with van der Waals surface area (Å²) in [7, 11) is 0. The van der Waals surface area contributed by atoms with Crippen molar-refractivity contribution in [3.05, 3.63) is 77.3 Å². The third kappa shape index (κ3) is 4.76. The van der Waals surface area contributed by atoms with E-state index in [-0.39, 0.29) is 23.0 Å². The lowest BCUT2D eigenvalue weighted by molar-refractivity contribution is -0.0786. The molecule has 2 atom stereocenters. The summed E-state index contributed by atoms with van der Waals surface area (Å²) >= 11 is 0. The molecule has 3 aromatic heterocycles. The second kappa shape index (κ2) is 10.3. The fraction of sp³-hybridized carbons (Fsp3) is 0.379. The van der Waals surface area contributed by atoms with Gasteiger partial charge in [-0.05, 0) is 51.3 Å². The van der Waals surface area contributed by atoms with Crippen LogP contribution >= 0.6 is 0 Å². The van der Waals surface area contributed by atoms with E-state index in [1.165, 1.54) is 66.2 Å². The molecule has 42 heavy (non-hydrogen) atoms. The molecule has 2 unspecified atom stereocenters. The topological polar surface area (TPSA) is 139 Å². The Kier molecular flexibility index (Phi) is 6.90. The van der Waals surface area contributed by atoms with E-state index in [1.807, 2.05) is 0 Å². The number of alkyl halides is 2. The molecule has 0 radical (unpaired) electrons. The highest BCUT2D eigenvalue weighted by Gasteiger charge is 2.50. The number of nitrogens with two attached hydrogens (primary N) is 1. The van der Waals surface area contributed by atoms with Crippen molar-refractivity contribution >= 4 is 11.4 Å². The standard InChI is InChI=1S/C25H20F3N5O3.C4H9NO/c1-25(2,35)33-18-9-14(20-12(23(33)34)4-3-5-19(20)36-24(27)28)21-17-8-13(16-10-29-6-7-30-16)15(26)11-32(17)31-22(18)21;5-3-1-4(6)2-3/h3-8,10-11,14,18,24,35H,9H2,1-2H3;3-4,6H,1-2,5H2. The van der Waals surface area contributed by atoms with Gasteiger partial charge in [-0.1, -0.05) is 6.07 Å². The minimum Gasteiger partial charge on any atom is -0.434 e. The zero-order valence-corrected chi connectivity index (χ0v) is 22.8. The number of carbonyl (C=O) groups is 1. The number of ether oxygens (including phenoxy) is 1. The van der Waals surface area contributed by atoms with Crippen LogP contribution in [-0.4, -0.2) is 65.1 Å². The van der Waals surface area contributed by atoms with Crippen molar-refractivity contribution in [2.24, 2.45) is 5.73 Å². The van der Waals surface area contributed by atoms with E-state index in [2.05, 4.69) is 15.1 Å². The summed E-state index contributed by atoms with van der Waals surface area (Å²) in [5.41, 5.74) is 6.32. The smallest absolute Gasteiger partial charge is 0.387 e. The Bertz CT molecular complexity index is 1650. The van der Waals surface area contributed by atoms with E-state index in [4.69, 9.17) is 15.6 Å². The Labute approximate surface area is 238 Å². The lowest BCUT2D eigenvalue weighted by atomic mass is 9.88. The van der Waals surface area contributed by atoms with Crippen LogP contribution in [0.2, 0.25) is 0 Å². The van der Waals surface area contributed by atoms with Crippen LogP contribution < -0.4 is 10.5 Å². The van der Waals surface area contributed by atoms with Gasteiger partial charge in [0.25, 0.3) is 5.91 Å². The molecule has 13 heteroatoms. The van der Waals surface area contributed by atoms with Crippen LogP contribution in [0.3, 0.4) is 0 Å². The van der Waals surface area contributed by atoms with Gasteiger partial charge in [0, 0.05) is 46.6 Å². The van der Waals surface area contributed by atoms with E-state index < -0.39 is 36.0 Å². The van der Waals surface area contributed by atoms with Crippen LogP contribution in [0.15, 0.2) is 49.1 Å². The van der Waals surface area contributed by atoms with Crippen molar-refractivity contribution < 1.29 is 32.9 Å². The summed E-state index contributed by atoms with van der Waals surface area (Å²) in [4.78, 5) is 23.1. The van der Waals surface area contributed by atoms with E-state index in [0.29, 0.717) is 40.5 Å². The molecule has 3 aliphatic rings. The largest absolute Gasteiger partial charge is 0.434 e. The molecule has 2 bridgehead atoms.